The number of carbonyl (C=O) groups excluding carboxylic acids is 1. The van der Waals surface area contributed by atoms with E-state index in [0.29, 0.717) is 30.9 Å². The summed E-state index contributed by atoms with van der Waals surface area (Å²) < 4.78 is 37.4. The highest BCUT2D eigenvalue weighted by Crippen LogP contribution is 2.11. The number of rotatable bonds is 10. The molecule has 0 saturated carbocycles. The van der Waals surface area contributed by atoms with Crippen molar-refractivity contribution in [2.75, 3.05) is 13.2 Å². The van der Waals surface area contributed by atoms with Gasteiger partial charge >= 0.3 is 0 Å². The lowest BCUT2D eigenvalue weighted by Crippen LogP contribution is -2.26. The Morgan fingerprint density at radius 2 is 1.92 bits per heavy atom. The molecule has 0 fully saturated rings. The maximum absolute atomic E-state index is 12.2. The summed E-state index contributed by atoms with van der Waals surface area (Å²) in [7, 11) is -3.67. The SMILES string of the molecule is CC(C)OCCCNC(=O)c1ccc(S(=O)(=O)NCc2ccco2)cc1. The molecule has 1 heterocycles. The molecular formula is C18H24N2O5S. The first-order valence-electron chi connectivity index (χ1n) is 8.40. The summed E-state index contributed by atoms with van der Waals surface area (Å²) >= 11 is 0. The molecule has 1 aromatic heterocycles. The Morgan fingerprint density at radius 3 is 2.54 bits per heavy atom. The van der Waals surface area contributed by atoms with Crippen LogP contribution in [0.3, 0.4) is 0 Å². The molecule has 0 bridgehead atoms. The molecule has 8 heteroatoms. The Morgan fingerprint density at radius 1 is 1.19 bits per heavy atom. The number of hydrogen-bond donors (Lipinski definition) is 2. The van der Waals surface area contributed by atoms with Crippen molar-refractivity contribution in [1.29, 1.82) is 0 Å². The minimum absolute atomic E-state index is 0.0655. The van der Waals surface area contributed by atoms with Gasteiger partial charge in [0.2, 0.25) is 10.0 Å². The monoisotopic (exact) mass is 380 g/mol. The summed E-state index contributed by atoms with van der Waals surface area (Å²) in [5.41, 5.74) is 0.403. The van der Waals surface area contributed by atoms with Crippen LogP contribution in [0, 0.1) is 0 Å². The van der Waals surface area contributed by atoms with Crippen molar-refractivity contribution in [3.05, 3.63) is 54.0 Å². The van der Waals surface area contributed by atoms with Crippen molar-refractivity contribution < 1.29 is 22.4 Å². The minimum atomic E-state index is -3.67. The highest BCUT2D eigenvalue weighted by molar-refractivity contribution is 7.89. The Kier molecular flexibility index (Phi) is 7.38. The molecule has 0 atom stereocenters. The molecule has 0 aliphatic rings. The van der Waals surface area contributed by atoms with Crippen LogP contribution in [0.25, 0.3) is 0 Å². The van der Waals surface area contributed by atoms with Crippen LogP contribution in [0.15, 0.2) is 52.0 Å². The Bertz CT molecular complexity index is 783. The summed E-state index contributed by atoms with van der Waals surface area (Å²) in [6.45, 7) is 5.05. The Hall–Kier alpha value is -2.16. The first kappa shape index (κ1) is 20.2. The molecule has 1 aromatic carbocycles. The van der Waals surface area contributed by atoms with E-state index < -0.39 is 10.0 Å². The Labute approximate surface area is 153 Å². The molecule has 0 radical (unpaired) electrons. The summed E-state index contributed by atoms with van der Waals surface area (Å²) in [4.78, 5) is 12.1. The lowest BCUT2D eigenvalue weighted by molar-refractivity contribution is 0.0757. The summed E-state index contributed by atoms with van der Waals surface area (Å²) in [5, 5.41) is 2.78. The van der Waals surface area contributed by atoms with Gasteiger partial charge in [-0.05, 0) is 56.7 Å². The third-order valence-corrected chi connectivity index (χ3v) is 4.92. The molecule has 2 rings (SSSR count). The van der Waals surface area contributed by atoms with Gasteiger partial charge in [-0.3, -0.25) is 4.79 Å². The fourth-order valence-corrected chi connectivity index (χ4v) is 3.14. The third kappa shape index (κ3) is 6.29. The van der Waals surface area contributed by atoms with E-state index in [9.17, 15) is 13.2 Å². The van der Waals surface area contributed by atoms with Crippen LogP contribution in [-0.2, 0) is 21.3 Å². The number of carbonyl (C=O) groups is 1. The fraction of sp³-hybridized carbons (Fsp3) is 0.389. The molecule has 142 valence electrons. The van der Waals surface area contributed by atoms with Gasteiger partial charge in [-0.2, -0.15) is 0 Å². The highest BCUT2D eigenvalue weighted by atomic mass is 32.2. The van der Waals surface area contributed by atoms with E-state index in [2.05, 4.69) is 10.0 Å². The highest BCUT2D eigenvalue weighted by Gasteiger charge is 2.15. The molecule has 26 heavy (non-hydrogen) atoms. The van der Waals surface area contributed by atoms with E-state index >= 15 is 0 Å². The van der Waals surface area contributed by atoms with Gasteiger partial charge in [0.15, 0.2) is 0 Å². The van der Waals surface area contributed by atoms with E-state index in [-0.39, 0.29) is 23.5 Å². The molecule has 2 N–H and O–H groups in total. The van der Waals surface area contributed by atoms with Crippen molar-refractivity contribution in [1.82, 2.24) is 10.0 Å². The number of furan rings is 1. The van der Waals surface area contributed by atoms with E-state index in [1.807, 2.05) is 13.8 Å². The predicted molar refractivity (Wildman–Crippen MR) is 97.2 cm³/mol. The standard InChI is InChI=1S/C18H24N2O5S/c1-14(2)24-12-4-10-19-18(21)15-6-8-17(9-7-15)26(22,23)20-13-16-5-3-11-25-16/h3,5-9,11,14,20H,4,10,12-13H2,1-2H3,(H,19,21). The lowest BCUT2D eigenvalue weighted by Gasteiger charge is -2.09. The quantitative estimate of drug-likeness (QED) is 0.617. The maximum atomic E-state index is 12.2. The van der Waals surface area contributed by atoms with Gasteiger partial charge in [0, 0.05) is 18.7 Å². The zero-order chi connectivity index (χ0) is 19.0. The van der Waals surface area contributed by atoms with Gasteiger partial charge in [0.25, 0.3) is 5.91 Å². The van der Waals surface area contributed by atoms with Crippen molar-refractivity contribution in [3.63, 3.8) is 0 Å². The van der Waals surface area contributed by atoms with Gasteiger partial charge in [0.05, 0.1) is 23.8 Å². The summed E-state index contributed by atoms with van der Waals surface area (Å²) in [5.74, 6) is 0.271. The van der Waals surface area contributed by atoms with Crippen LogP contribution in [0.4, 0.5) is 0 Å². The largest absolute Gasteiger partial charge is 0.468 e. The third-order valence-electron chi connectivity index (χ3n) is 3.50. The maximum Gasteiger partial charge on any atom is 0.251 e. The molecule has 0 unspecified atom stereocenters. The van der Waals surface area contributed by atoms with Crippen LogP contribution in [-0.4, -0.2) is 33.6 Å². The van der Waals surface area contributed by atoms with Gasteiger partial charge in [-0.25, -0.2) is 13.1 Å². The molecular weight excluding hydrogens is 356 g/mol. The first-order chi connectivity index (χ1) is 12.4. The predicted octanol–water partition coefficient (Wildman–Crippen LogP) is 2.30. The number of sulfonamides is 1. The van der Waals surface area contributed by atoms with Crippen molar-refractivity contribution >= 4 is 15.9 Å². The van der Waals surface area contributed by atoms with Gasteiger partial charge in [-0.1, -0.05) is 0 Å². The smallest absolute Gasteiger partial charge is 0.251 e. The number of ether oxygens (including phenoxy) is 1. The number of amides is 1. The topological polar surface area (TPSA) is 97.6 Å². The Balaban J connectivity index is 1.85. The van der Waals surface area contributed by atoms with Gasteiger partial charge in [0.1, 0.15) is 5.76 Å². The van der Waals surface area contributed by atoms with Gasteiger partial charge < -0.3 is 14.5 Å². The van der Waals surface area contributed by atoms with Crippen LogP contribution in [0.1, 0.15) is 36.4 Å². The van der Waals surface area contributed by atoms with Gasteiger partial charge in [-0.15, -0.1) is 0 Å². The first-order valence-corrected chi connectivity index (χ1v) is 9.89. The lowest BCUT2D eigenvalue weighted by atomic mass is 10.2. The number of hydrogen-bond acceptors (Lipinski definition) is 5. The van der Waals surface area contributed by atoms with Crippen LogP contribution >= 0.6 is 0 Å². The number of benzene rings is 1. The number of nitrogens with one attached hydrogen (secondary N) is 2. The van der Waals surface area contributed by atoms with Crippen LogP contribution in [0.5, 0.6) is 0 Å². The van der Waals surface area contributed by atoms with Crippen molar-refractivity contribution in [3.8, 4) is 0 Å². The van der Waals surface area contributed by atoms with E-state index in [1.165, 1.54) is 30.5 Å². The van der Waals surface area contributed by atoms with Crippen LogP contribution in [0.2, 0.25) is 0 Å². The molecule has 1 amide bonds. The molecule has 0 aliphatic carbocycles. The van der Waals surface area contributed by atoms with Crippen LogP contribution < -0.4 is 10.0 Å². The second-order valence-corrected chi connectivity index (χ2v) is 7.72. The summed E-state index contributed by atoms with van der Waals surface area (Å²) in [6, 6.07) is 9.15. The van der Waals surface area contributed by atoms with E-state index in [1.54, 1.807) is 12.1 Å². The van der Waals surface area contributed by atoms with Crippen molar-refractivity contribution in [2.24, 2.45) is 0 Å². The molecule has 0 saturated heterocycles. The average Bonchev–Trinajstić information content (AvgIpc) is 3.13. The second-order valence-electron chi connectivity index (χ2n) is 5.96. The molecule has 0 spiro atoms. The fourth-order valence-electron chi connectivity index (χ4n) is 2.14. The van der Waals surface area contributed by atoms with Crippen molar-refractivity contribution in [2.45, 2.75) is 37.8 Å². The molecule has 2 aromatic rings. The van der Waals surface area contributed by atoms with E-state index in [0.717, 1.165) is 0 Å². The second kappa shape index (κ2) is 9.51. The average molecular weight is 380 g/mol. The van der Waals surface area contributed by atoms with E-state index in [4.69, 9.17) is 9.15 Å². The molecule has 0 aliphatic heterocycles. The minimum Gasteiger partial charge on any atom is -0.468 e. The normalized spacial score (nSPS) is 11.7. The summed E-state index contributed by atoms with van der Waals surface area (Å²) in [6.07, 6.45) is 2.36. The molecule has 7 nitrogen and oxygen atoms in total. The zero-order valence-electron chi connectivity index (χ0n) is 14.9. The zero-order valence-corrected chi connectivity index (χ0v) is 15.7.